The van der Waals surface area contributed by atoms with Gasteiger partial charge in [0.1, 0.15) is 0 Å². The van der Waals surface area contributed by atoms with Crippen LogP contribution in [0.3, 0.4) is 0 Å². The lowest BCUT2D eigenvalue weighted by atomic mass is 10.2. The summed E-state index contributed by atoms with van der Waals surface area (Å²) in [5.74, 6) is -0.0664. The average Bonchev–Trinajstić information content (AvgIpc) is 2.99. The number of carbonyl (C=O) groups is 1. The molecule has 0 radical (unpaired) electrons. The number of alkyl halides is 3. The standard InChI is InChI=1S/C11H19F3N2O/c1-8(10(17)16-9-4-5-9)15-7-3-2-6-11(12,13)14/h8-9,15H,2-7H2,1H3,(H,16,17). The zero-order valence-corrected chi connectivity index (χ0v) is 9.94. The number of hydrogen-bond donors (Lipinski definition) is 2. The predicted octanol–water partition coefficient (Wildman–Crippen LogP) is 1.98. The highest BCUT2D eigenvalue weighted by atomic mass is 19.4. The topological polar surface area (TPSA) is 41.1 Å². The molecule has 0 aromatic heterocycles. The molecule has 1 unspecified atom stereocenters. The maximum absolute atomic E-state index is 11.8. The van der Waals surface area contributed by atoms with E-state index in [4.69, 9.17) is 0 Å². The minimum Gasteiger partial charge on any atom is -0.352 e. The molecule has 1 atom stereocenters. The number of unbranched alkanes of at least 4 members (excludes halogenated alkanes) is 1. The van der Waals surface area contributed by atoms with Crippen LogP contribution in [0.4, 0.5) is 13.2 Å². The van der Waals surface area contributed by atoms with E-state index in [0.29, 0.717) is 19.0 Å². The maximum Gasteiger partial charge on any atom is 0.389 e. The number of nitrogens with one attached hydrogen (secondary N) is 2. The van der Waals surface area contributed by atoms with Gasteiger partial charge in [-0.3, -0.25) is 4.79 Å². The highest BCUT2D eigenvalue weighted by Gasteiger charge is 2.26. The van der Waals surface area contributed by atoms with Crippen molar-refractivity contribution in [2.45, 2.75) is 57.3 Å². The maximum atomic E-state index is 11.8. The number of hydrogen-bond acceptors (Lipinski definition) is 2. The summed E-state index contributed by atoms with van der Waals surface area (Å²) in [6, 6.07) is -0.0153. The van der Waals surface area contributed by atoms with E-state index in [2.05, 4.69) is 10.6 Å². The molecule has 0 spiro atoms. The van der Waals surface area contributed by atoms with Crippen molar-refractivity contribution < 1.29 is 18.0 Å². The van der Waals surface area contributed by atoms with Gasteiger partial charge >= 0.3 is 6.18 Å². The lowest BCUT2D eigenvalue weighted by Gasteiger charge is -2.13. The summed E-state index contributed by atoms with van der Waals surface area (Å²) in [5, 5.41) is 5.76. The summed E-state index contributed by atoms with van der Waals surface area (Å²) >= 11 is 0. The molecule has 1 fully saturated rings. The van der Waals surface area contributed by atoms with Gasteiger partial charge in [-0.15, -0.1) is 0 Å². The van der Waals surface area contributed by atoms with Crippen molar-refractivity contribution >= 4 is 5.91 Å². The zero-order chi connectivity index (χ0) is 12.9. The van der Waals surface area contributed by atoms with Gasteiger partial charge < -0.3 is 10.6 Å². The fourth-order valence-corrected chi connectivity index (χ4v) is 1.42. The normalized spacial score (nSPS) is 17.9. The first kappa shape index (κ1) is 14.3. The van der Waals surface area contributed by atoms with Crippen LogP contribution in [0.25, 0.3) is 0 Å². The Morgan fingerprint density at radius 2 is 2.00 bits per heavy atom. The highest BCUT2D eigenvalue weighted by molar-refractivity contribution is 5.81. The van der Waals surface area contributed by atoms with Crippen LogP contribution in [0.15, 0.2) is 0 Å². The summed E-state index contributed by atoms with van der Waals surface area (Å²) in [5.41, 5.74) is 0. The van der Waals surface area contributed by atoms with E-state index in [-0.39, 0.29) is 18.4 Å². The smallest absolute Gasteiger partial charge is 0.352 e. The van der Waals surface area contributed by atoms with Crippen LogP contribution in [0.1, 0.15) is 39.0 Å². The van der Waals surface area contributed by atoms with E-state index in [1.807, 2.05) is 0 Å². The minimum absolute atomic E-state index is 0.0664. The second-order valence-corrected chi connectivity index (χ2v) is 4.53. The van der Waals surface area contributed by atoms with Gasteiger partial charge in [-0.05, 0) is 39.2 Å². The highest BCUT2D eigenvalue weighted by Crippen LogP contribution is 2.22. The summed E-state index contributed by atoms with van der Waals surface area (Å²) in [6.45, 7) is 2.16. The summed E-state index contributed by atoms with van der Waals surface area (Å²) in [6.07, 6.45) is -2.23. The molecular formula is C11H19F3N2O. The number of amides is 1. The monoisotopic (exact) mass is 252 g/mol. The van der Waals surface area contributed by atoms with Gasteiger partial charge in [0.05, 0.1) is 6.04 Å². The van der Waals surface area contributed by atoms with E-state index < -0.39 is 12.6 Å². The van der Waals surface area contributed by atoms with Crippen LogP contribution >= 0.6 is 0 Å². The van der Waals surface area contributed by atoms with Crippen LogP contribution in [0, 0.1) is 0 Å². The SMILES string of the molecule is CC(NCCCCC(F)(F)F)C(=O)NC1CC1. The van der Waals surface area contributed by atoms with Crippen molar-refractivity contribution in [1.82, 2.24) is 10.6 Å². The van der Waals surface area contributed by atoms with Crippen LogP contribution in [0.5, 0.6) is 0 Å². The van der Waals surface area contributed by atoms with Crippen LogP contribution in [-0.4, -0.2) is 30.7 Å². The predicted molar refractivity (Wildman–Crippen MR) is 58.5 cm³/mol. The second-order valence-electron chi connectivity index (χ2n) is 4.53. The molecule has 6 heteroatoms. The van der Waals surface area contributed by atoms with Gasteiger partial charge in [0.2, 0.25) is 5.91 Å². The Morgan fingerprint density at radius 3 is 2.53 bits per heavy atom. The van der Waals surface area contributed by atoms with Crippen molar-refractivity contribution in [1.29, 1.82) is 0 Å². The lowest BCUT2D eigenvalue weighted by molar-refractivity contribution is -0.135. The van der Waals surface area contributed by atoms with Crippen LogP contribution in [0.2, 0.25) is 0 Å². The number of carbonyl (C=O) groups excluding carboxylic acids is 1. The minimum atomic E-state index is -4.07. The average molecular weight is 252 g/mol. The van der Waals surface area contributed by atoms with Gasteiger partial charge in [0.25, 0.3) is 0 Å². The van der Waals surface area contributed by atoms with E-state index in [1.54, 1.807) is 6.92 Å². The lowest BCUT2D eigenvalue weighted by Crippen LogP contribution is -2.43. The molecule has 0 aliphatic heterocycles. The number of rotatable bonds is 7. The van der Waals surface area contributed by atoms with Gasteiger partial charge in [-0.2, -0.15) is 13.2 Å². The first-order valence-corrected chi connectivity index (χ1v) is 5.99. The van der Waals surface area contributed by atoms with Gasteiger partial charge in [0.15, 0.2) is 0 Å². The summed E-state index contributed by atoms with van der Waals surface area (Å²) in [4.78, 5) is 11.5. The molecule has 1 rings (SSSR count). The fourth-order valence-electron chi connectivity index (χ4n) is 1.42. The zero-order valence-electron chi connectivity index (χ0n) is 9.94. The summed E-state index contributed by atoms with van der Waals surface area (Å²) < 4.78 is 35.5. The largest absolute Gasteiger partial charge is 0.389 e. The van der Waals surface area contributed by atoms with Crippen molar-refractivity contribution in [2.75, 3.05) is 6.54 Å². The van der Waals surface area contributed by atoms with Gasteiger partial charge in [0, 0.05) is 12.5 Å². The third-order valence-corrected chi connectivity index (χ3v) is 2.65. The molecule has 17 heavy (non-hydrogen) atoms. The van der Waals surface area contributed by atoms with E-state index in [0.717, 1.165) is 12.8 Å². The Morgan fingerprint density at radius 1 is 1.35 bits per heavy atom. The first-order valence-electron chi connectivity index (χ1n) is 5.99. The molecule has 1 aliphatic rings. The van der Waals surface area contributed by atoms with Crippen molar-refractivity contribution in [3.8, 4) is 0 Å². The van der Waals surface area contributed by atoms with E-state index in [1.165, 1.54) is 0 Å². The van der Waals surface area contributed by atoms with Crippen LogP contribution in [-0.2, 0) is 4.79 Å². The molecule has 100 valence electrons. The Kier molecular flexibility index (Phi) is 5.24. The molecule has 1 amide bonds. The molecule has 1 aliphatic carbocycles. The van der Waals surface area contributed by atoms with Crippen molar-refractivity contribution in [3.05, 3.63) is 0 Å². The van der Waals surface area contributed by atoms with Gasteiger partial charge in [-0.1, -0.05) is 0 Å². The molecule has 3 nitrogen and oxygen atoms in total. The van der Waals surface area contributed by atoms with E-state index in [9.17, 15) is 18.0 Å². The molecule has 0 aromatic carbocycles. The van der Waals surface area contributed by atoms with Crippen molar-refractivity contribution in [3.63, 3.8) is 0 Å². The third-order valence-electron chi connectivity index (χ3n) is 2.65. The molecule has 2 N–H and O–H groups in total. The molecule has 0 heterocycles. The Hall–Kier alpha value is -0.780. The van der Waals surface area contributed by atoms with Crippen LogP contribution < -0.4 is 10.6 Å². The molecular weight excluding hydrogens is 233 g/mol. The van der Waals surface area contributed by atoms with E-state index >= 15 is 0 Å². The Bertz CT molecular complexity index is 252. The molecule has 1 saturated carbocycles. The molecule has 0 saturated heterocycles. The number of halogens is 3. The summed E-state index contributed by atoms with van der Waals surface area (Å²) in [7, 11) is 0. The van der Waals surface area contributed by atoms with Crippen molar-refractivity contribution in [2.24, 2.45) is 0 Å². The second kappa shape index (κ2) is 6.23. The Labute approximate surface area is 99.1 Å². The van der Waals surface area contributed by atoms with Gasteiger partial charge in [-0.25, -0.2) is 0 Å². The first-order chi connectivity index (χ1) is 7.88. The molecule has 0 aromatic rings. The Balaban J connectivity index is 1.99. The fraction of sp³-hybridized carbons (Fsp3) is 0.909. The quantitative estimate of drug-likeness (QED) is 0.680. The third kappa shape index (κ3) is 7.20. The molecule has 0 bridgehead atoms.